The molecule has 0 bridgehead atoms. The van der Waals surface area contributed by atoms with E-state index in [1.807, 2.05) is 29.3 Å². The molecule has 2 N–H and O–H groups in total. The molecule has 0 aliphatic heterocycles. The third-order valence-electron chi connectivity index (χ3n) is 3.09. The van der Waals surface area contributed by atoms with E-state index >= 15 is 0 Å². The molecule has 1 heterocycles. The second-order valence-corrected chi connectivity index (χ2v) is 5.64. The van der Waals surface area contributed by atoms with Gasteiger partial charge in [-0.2, -0.15) is 0 Å². The molecule has 5 heteroatoms. The molecular formula is C15H19N3OS. The Morgan fingerprint density at radius 1 is 1.45 bits per heavy atom. The van der Waals surface area contributed by atoms with Crippen LogP contribution in [0.15, 0.2) is 29.6 Å². The van der Waals surface area contributed by atoms with Crippen molar-refractivity contribution in [3.63, 3.8) is 0 Å². The number of thiazole rings is 1. The minimum Gasteiger partial charge on any atom is -0.375 e. The first-order valence-electron chi connectivity index (χ1n) is 6.61. The smallest absolute Gasteiger partial charge is 0.228 e. The SMILES string of the molecule is CCN(Cc1cccc(C)c1)C(=O)Cc1csc(N)n1. The number of nitrogens with zero attached hydrogens (tertiary/aromatic N) is 2. The Kier molecular flexibility index (Phi) is 4.74. The molecule has 0 atom stereocenters. The summed E-state index contributed by atoms with van der Waals surface area (Å²) in [4.78, 5) is 18.3. The zero-order valence-corrected chi connectivity index (χ0v) is 12.6. The Bertz CT molecular complexity index is 594. The van der Waals surface area contributed by atoms with Crippen molar-refractivity contribution >= 4 is 22.4 Å². The van der Waals surface area contributed by atoms with Gasteiger partial charge in [0.05, 0.1) is 12.1 Å². The Morgan fingerprint density at radius 2 is 2.25 bits per heavy atom. The van der Waals surface area contributed by atoms with Gasteiger partial charge in [-0.1, -0.05) is 29.8 Å². The fourth-order valence-electron chi connectivity index (χ4n) is 2.08. The van der Waals surface area contributed by atoms with Crippen molar-refractivity contribution in [2.24, 2.45) is 0 Å². The summed E-state index contributed by atoms with van der Waals surface area (Å²) in [6.07, 6.45) is 0.313. The lowest BCUT2D eigenvalue weighted by Gasteiger charge is -2.21. The number of carbonyl (C=O) groups excluding carboxylic acids is 1. The zero-order chi connectivity index (χ0) is 14.5. The largest absolute Gasteiger partial charge is 0.375 e. The van der Waals surface area contributed by atoms with Gasteiger partial charge in [-0.25, -0.2) is 4.98 Å². The summed E-state index contributed by atoms with van der Waals surface area (Å²) < 4.78 is 0. The molecule has 4 nitrogen and oxygen atoms in total. The molecule has 0 saturated carbocycles. The van der Waals surface area contributed by atoms with Crippen LogP contribution in [0.25, 0.3) is 0 Å². The van der Waals surface area contributed by atoms with E-state index in [-0.39, 0.29) is 5.91 Å². The molecular weight excluding hydrogens is 270 g/mol. The highest BCUT2D eigenvalue weighted by atomic mass is 32.1. The van der Waals surface area contributed by atoms with Gasteiger partial charge in [0, 0.05) is 18.5 Å². The second kappa shape index (κ2) is 6.52. The molecule has 1 aromatic carbocycles. The van der Waals surface area contributed by atoms with E-state index in [4.69, 9.17) is 5.73 Å². The van der Waals surface area contributed by atoms with Crippen LogP contribution >= 0.6 is 11.3 Å². The summed E-state index contributed by atoms with van der Waals surface area (Å²) in [5.41, 5.74) is 8.69. The number of likely N-dealkylation sites (N-methyl/N-ethyl adjacent to an activating group) is 1. The number of hydrogen-bond acceptors (Lipinski definition) is 4. The fourth-order valence-corrected chi connectivity index (χ4v) is 2.64. The first kappa shape index (κ1) is 14.5. The molecule has 0 spiro atoms. The van der Waals surface area contributed by atoms with Crippen molar-refractivity contribution in [1.82, 2.24) is 9.88 Å². The predicted molar refractivity (Wildman–Crippen MR) is 82.5 cm³/mol. The van der Waals surface area contributed by atoms with Gasteiger partial charge in [0.15, 0.2) is 5.13 Å². The number of hydrogen-bond donors (Lipinski definition) is 1. The van der Waals surface area contributed by atoms with Crippen LogP contribution in [0.4, 0.5) is 5.13 Å². The summed E-state index contributed by atoms with van der Waals surface area (Å²) in [5.74, 6) is 0.0827. The Hall–Kier alpha value is -1.88. The first-order chi connectivity index (χ1) is 9.58. The van der Waals surface area contributed by atoms with Crippen LogP contribution in [0.2, 0.25) is 0 Å². The normalized spacial score (nSPS) is 10.5. The number of nitrogen functional groups attached to an aromatic ring is 1. The lowest BCUT2D eigenvalue weighted by molar-refractivity contribution is -0.130. The van der Waals surface area contributed by atoms with E-state index in [1.54, 1.807) is 0 Å². The molecule has 1 aromatic heterocycles. The van der Waals surface area contributed by atoms with E-state index in [0.717, 1.165) is 11.3 Å². The predicted octanol–water partition coefficient (Wildman–Crippen LogP) is 2.62. The topological polar surface area (TPSA) is 59.2 Å². The van der Waals surface area contributed by atoms with E-state index in [1.165, 1.54) is 16.9 Å². The van der Waals surface area contributed by atoms with Crippen molar-refractivity contribution < 1.29 is 4.79 Å². The van der Waals surface area contributed by atoms with Crippen molar-refractivity contribution in [3.05, 3.63) is 46.5 Å². The molecule has 1 amide bonds. The number of nitrogens with two attached hydrogens (primary N) is 1. The molecule has 0 fully saturated rings. The summed E-state index contributed by atoms with van der Waals surface area (Å²) >= 11 is 1.37. The van der Waals surface area contributed by atoms with Crippen molar-refractivity contribution in [2.75, 3.05) is 12.3 Å². The average Bonchev–Trinajstić information content (AvgIpc) is 2.81. The number of amides is 1. The number of rotatable bonds is 5. The number of aromatic nitrogens is 1. The van der Waals surface area contributed by atoms with Crippen LogP contribution in [-0.4, -0.2) is 22.3 Å². The van der Waals surface area contributed by atoms with Crippen LogP contribution < -0.4 is 5.73 Å². The summed E-state index contributed by atoms with van der Waals surface area (Å²) in [7, 11) is 0. The monoisotopic (exact) mass is 289 g/mol. The van der Waals surface area contributed by atoms with Crippen molar-refractivity contribution in [1.29, 1.82) is 0 Å². The Morgan fingerprint density at radius 3 is 2.85 bits per heavy atom. The average molecular weight is 289 g/mol. The third-order valence-corrected chi connectivity index (χ3v) is 3.81. The number of aryl methyl sites for hydroxylation is 1. The van der Waals surface area contributed by atoms with E-state index < -0.39 is 0 Å². The van der Waals surface area contributed by atoms with Gasteiger partial charge in [-0.05, 0) is 19.4 Å². The highest BCUT2D eigenvalue weighted by Crippen LogP contribution is 2.14. The standard InChI is InChI=1S/C15H19N3OS/c1-3-18(9-12-6-4-5-11(2)7-12)14(19)8-13-10-20-15(16)17-13/h4-7,10H,3,8-9H2,1-2H3,(H2,16,17). The Labute approximate surface area is 123 Å². The minimum absolute atomic E-state index is 0.0827. The van der Waals surface area contributed by atoms with Crippen molar-refractivity contribution in [3.8, 4) is 0 Å². The second-order valence-electron chi connectivity index (χ2n) is 4.75. The molecule has 0 saturated heterocycles. The number of anilines is 1. The maximum atomic E-state index is 12.3. The van der Waals surface area contributed by atoms with Gasteiger partial charge >= 0.3 is 0 Å². The molecule has 106 valence electrons. The summed E-state index contributed by atoms with van der Waals surface area (Å²) in [6, 6.07) is 8.23. The maximum Gasteiger partial charge on any atom is 0.228 e. The van der Waals surface area contributed by atoms with Gasteiger partial charge < -0.3 is 10.6 Å². The summed E-state index contributed by atoms with van der Waals surface area (Å²) in [5, 5.41) is 2.35. The third kappa shape index (κ3) is 3.81. The van der Waals surface area contributed by atoms with E-state index in [0.29, 0.717) is 24.6 Å². The first-order valence-corrected chi connectivity index (χ1v) is 7.49. The molecule has 0 aliphatic carbocycles. The molecule has 0 radical (unpaired) electrons. The molecule has 2 rings (SSSR count). The van der Waals surface area contributed by atoms with E-state index in [2.05, 4.69) is 24.0 Å². The van der Waals surface area contributed by atoms with Gasteiger partial charge in [0.25, 0.3) is 0 Å². The minimum atomic E-state index is 0.0827. The zero-order valence-electron chi connectivity index (χ0n) is 11.8. The summed E-state index contributed by atoms with van der Waals surface area (Å²) in [6.45, 7) is 5.37. The lowest BCUT2D eigenvalue weighted by Crippen LogP contribution is -2.31. The van der Waals surface area contributed by atoms with Crippen LogP contribution in [0.3, 0.4) is 0 Å². The van der Waals surface area contributed by atoms with Crippen LogP contribution in [-0.2, 0) is 17.8 Å². The quantitative estimate of drug-likeness (QED) is 0.920. The number of carbonyl (C=O) groups is 1. The molecule has 20 heavy (non-hydrogen) atoms. The van der Waals surface area contributed by atoms with Crippen LogP contribution in [0, 0.1) is 6.92 Å². The van der Waals surface area contributed by atoms with Gasteiger partial charge in [-0.3, -0.25) is 4.79 Å². The van der Waals surface area contributed by atoms with Crippen LogP contribution in [0.5, 0.6) is 0 Å². The maximum absolute atomic E-state index is 12.3. The lowest BCUT2D eigenvalue weighted by atomic mass is 10.1. The van der Waals surface area contributed by atoms with Crippen LogP contribution in [0.1, 0.15) is 23.7 Å². The fraction of sp³-hybridized carbons (Fsp3) is 0.333. The van der Waals surface area contributed by atoms with Gasteiger partial charge in [0.2, 0.25) is 5.91 Å². The molecule has 0 unspecified atom stereocenters. The Balaban J connectivity index is 2.02. The van der Waals surface area contributed by atoms with Gasteiger partial charge in [0.1, 0.15) is 0 Å². The van der Waals surface area contributed by atoms with E-state index in [9.17, 15) is 4.79 Å². The highest BCUT2D eigenvalue weighted by molar-refractivity contribution is 7.13. The van der Waals surface area contributed by atoms with Gasteiger partial charge in [-0.15, -0.1) is 11.3 Å². The van der Waals surface area contributed by atoms with Crippen molar-refractivity contribution in [2.45, 2.75) is 26.8 Å². The number of benzene rings is 1. The molecule has 2 aromatic rings. The highest BCUT2D eigenvalue weighted by Gasteiger charge is 2.14. The molecule has 0 aliphatic rings.